The molecule has 2 aromatic rings. The van der Waals surface area contributed by atoms with Crippen LogP contribution in [0.4, 0.5) is 11.6 Å². The molecule has 11 heteroatoms. The fourth-order valence-corrected chi connectivity index (χ4v) is 5.17. The monoisotopic (exact) mass is 606 g/mol. The Morgan fingerprint density at radius 2 is 1.69 bits per heavy atom. The number of methoxy groups -OCH3 is 1. The van der Waals surface area contributed by atoms with Crippen LogP contribution in [0.1, 0.15) is 79.8 Å². The maximum Gasteiger partial charge on any atom is 0.496 e. The number of pyridine rings is 1. The molecule has 9 nitrogen and oxygen atoms in total. The van der Waals surface area contributed by atoms with Crippen LogP contribution in [0.5, 0.6) is 0 Å². The molecule has 39 heavy (non-hydrogen) atoms. The van der Waals surface area contributed by atoms with Gasteiger partial charge >= 0.3 is 7.12 Å². The Balaban J connectivity index is 0.000000181. The Labute approximate surface area is 241 Å². The van der Waals surface area contributed by atoms with Crippen LogP contribution in [-0.4, -0.2) is 65.0 Å². The topological polar surface area (TPSA) is 98.7 Å². The summed E-state index contributed by atoms with van der Waals surface area (Å²) in [5.74, 6) is 1.38. The number of halogens is 1. The highest BCUT2D eigenvalue weighted by molar-refractivity contribution is 9.10. The second-order valence-electron chi connectivity index (χ2n) is 12.5. The number of hydrogen-bond donors (Lipinski definition) is 1. The van der Waals surface area contributed by atoms with Crippen molar-refractivity contribution in [3.05, 3.63) is 34.8 Å². The van der Waals surface area contributed by atoms with Crippen molar-refractivity contribution in [3.8, 4) is 0 Å². The van der Waals surface area contributed by atoms with Crippen LogP contribution in [0.3, 0.4) is 0 Å². The lowest BCUT2D eigenvalue weighted by atomic mass is 9.80. The largest absolute Gasteiger partial charge is 0.496 e. The van der Waals surface area contributed by atoms with Crippen molar-refractivity contribution in [1.29, 1.82) is 0 Å². The number of carbonyl (C=O) groups excluding carboxylic acids is 1. The van der Waals surface area contributed by atoms with Gasteiger partial charge < -0.3 is 19.4 Å². The van der Waals surface area contributed by atoms with E-state index < -0.39 is 0 Å². The maximum atomic E-state index is 12.3. The lowest BCUT2D eigenvalue weighted by molar-refractivity contribution is -0.118. The van der Waals surface area contributed by atoms with Crippen LogP contribution >= 0.6 is 15.9 Å². The lowest BCUT2D eigenvalue weighted by Crippen LogP contribution is -2.49. The summed E-state index contributed by atoms with van der Waals surface area (Å²) in [6, 6.07) is 4.30. The van der Waals surface area contributed by atoms with Crippen LogP contribution in [0.25, 0.3) is 0 Å². The highest BCUT2D eigenvalue weighted by Crippen LogP contribution is 2.37. The summed E-state index contributed by atoms with van der Waals surface area (Å²) >= 11 is 3.32. The van der Waals surface area contributed by atoms with Crippen molar-refractivity contribution in [2.75, 3.05) is 23.9 Å². The molecule has 0 spiro atoms. The van der Waals surface area contributed by atoms with E-state index in [2.05, 4.69) is 96.8 Å². The van der Waals surface area contributed by atoms with Gasteiger partial charge in [-0.2, -0.15) is 0 Å². The van der Waals surface area contributed by atoms with Gasteiger partial charge in [0, 0.05) is 35.9 Å². The molecular formula is C28H41BBrN5O4. The molecule has 2 aromatic heterocycles. The number of nitrogens with zero attached hydrogens (tertiary/aromatic N) is 4. The molecule has 1 saturated heterocycles. The zero-order valence-corrected chi connectivity index (χ0v) is 26.0. The van der Waals surface area contributed by atoms with E-state index in [1.807, 2.05) is 11.1 Å². The number of fused-ring (bicyclic) bond motifs is 1. The molecule has 212 valence electrons. The van der Waals surface area contributed by atoms with Gasteiger partial charge in [0.05, 0.1) is 30.0 Å². The Morgan fingerprint density at radius 1 is 1.05 bits per heavy atom. The predicted molar refractivity (Wildman–Crippen MR) is 157 cm³/mol. The van der Waals surface area contributed by atoms with Crippen LogP contribution in [0.2, 0.25) is 0 Å². The standard InChI is InChI=1S/C15H24BNO2.C13H17BrN4O2/c1-13(2,3)12-9-8-11(10-17-12)16-18-14(4,5)15(6,7)19-16;1-20-9-4-2-8(3-5-9)18-11(19)7-16-12-13(18)17-10(14)6-15-12/h8-10H,1-7H3;6,8-9H,2-5,7H2,1H3,(H,15,16)/i1+1,2+1,13+1;7+1,11+1. The van der Waals surface area contributed by atoms with Crippen molar-refractivity contribution < 1.29 is 18.8 Å². The minimum absolute atomic E-state index is 0.0609. The molecule has 0 bridgehead atoms. The molecule has 4 heterocycles. The molecule has 1 amide bonds. The highest BCUT2D eigenvalue weighted by Gasteiger charge is 2.51. The fraction of sp³-hybridized carbons (Fsp3) is 0.643. The number of anilines is 2. The van der Waals surface area contributed by atoms with Gasteiger partial charge in [-0.15, -0.1) is 0 Å². The second-order valence-corrected chi connectivity index (χ2v) is 13.3. The third-order valence-corrected chi connectivity index (χ3v) is 8.43. The first-order valence-corrected chi connectivity index (χ1v) is 14.4. The van der Waals surface area contributed by atoms with Crippen molar-refractivity contribution in [2.45, 2.75) is 103 Å². The summed E-state index contributed by atoms with van der Waals surface area (Å²) in [6.07, 6.45) is 7.67. The third kappa shape index (κ3) is 6.64. The van der Waals surface area contributed by atoms with Crippen molar-refractivity contribution in [3.63, 3.8) is 0 Å². The molecule has 5 rings (SSSR count). The highest BCUT2D eigenvalue weighted by atomic mass is 79.9. The summed E-state index contributed by atoms with van der Waals surface area (Å²) in [5.41, 5.74) is 1.51. The van der Waals surface area contributed by atoms with Crippen LogP contribution in [0.15, 0.2) is 29.1 Å². The average molecular weight is 607 g/mol. The molecule has 1 saturated carbocycles. The summed E-state index contributed by atoms with van der Waals surface area (Å²) in [5, 5.41) is 3.02. The molecule has 2 fully saturated rings. The summed E-state index contributed by atoms with van der Waals surface area (Å²) in [4.78, 5) is 27.3. The lowest BCUT2D eigenvalue weighted by Gasteiger charge is -2.38. The number of amides is 1. The van der Waals surface area contributed by atoms with Gasteiger partial charge in [-0.1, -0.05) is 26.8 Å². The number of nitrogens with one attached hydrogen (secondary N) is 1. The summed E-state index contributed by atoms with van der Waals surface area (Å²) in [7, 11) is 1.42. The average Bonchev–Trinajstić information content (AvgIpc) is 3.10. The summed E-state index contributed by atoms with van der Waals surface area (Å²) in [6.45, 7) is 15.0. The minimum Gasteiger partial charge on any atom is -0.399 e. The van der Waals surface area contributed by atoms with Gasteiger partial charge in [0.15, 0.2) is 11.6 Å². The fourth-order valence-electron chi connectivity index (χ4n) is 4.90. The molecule has 0 unspecified atom stereocenters. The molecule has 3 aliphatic rings. The van der Waals surface area contributed by atoms with E-state index in [1.54, 1.807) is 13.3 Å². The van der Waals surface area contributed by atoms with E-state index in [9.17, 15) is 4.79 Å². The minimum atomic E-state index is -0.327. The van der Waals surface area contributed by atoms with E-state index in [0.29, 0.717) is 22.3 Å². The van der Waals surface area contributed by atoms with Gasteiger partial charge in [-0.05, 0) is 75.4 Å². The van der Waals surface area contributed by atoms with E-state index in [4.69, 9.17) is 14.0 Å². The van der Waals surface area contributed by atoms with E-state index in [-0.39, 0.29) is 42.2 Å². The van der Waals surface area contributed by atoms with Gasteiger partial charge in [0.1, 0.15) is 4.60 Å². The molecule has 1 aliphatic carbocycles. The smallest absolute Gasteiger partial charge is 0.399 e. The molecule has 0 radical (unpaired) electrons. The normalized spacial score (nSPS) is 24.0. The quantitative estimate of drug-likeness (QED) is 0.399. The van der Waals surface area contributed by atoms with Crippen LogP contribution in [-0.2, 0) is 24.3 Å². The molecule has 0 aromatic carbocycles. The summed E-state index contributed by atoms with van der Waals surface area (Å²) < 4.78 is 18.1. The first-order valence-electron chi connectivity index (χ1n) is 13.6. The second kappa shape index (κ2) is 11.4. The van der Waals surface area contributed by atoms with Crippen LogP contribution < -0.4 is 15.7 Å². The number of aromatic nitrogens is 3. The Kier molecular flexibility index (Phi) is 8.76. The number of hydrogen-bond acceptors (Lipinski definition) is 8. The molecular weight excluding hydrogens is 566 g/mol. The first kappa shape index (κ1) is 29.9. The zero-order valence-electron chi connectivity index (χ0n) is 24.4. The molecule has 2 aliphatic heterocycles. The predicted octanol–water partition coefficient (Wildman–Crippen LogP) is 4.63. The molecule has 1 N–H and O–H groups in total. The zero-order chi connectivity index (χ0) is 28.6. The van der Waals surface area contributed by atoms with Crippen molar-refractivity contribution in [2.24, 2.45) is 0 Å². The van der Waals surface area contributed by atoms with Gasteiger partial charge in [0.2, 0.25) is 5.91 Å². The SMILES string of the molecule is CC1(C)OB(c2ccc([13C](C)([13CH3])[13CH3])nc2)OC1(C)C.COC1CCC(N2c3nc(Br)cnc3N[13CH2][13C]2=O)CC1. The first-order chi connectivity index (χ1) is 18.2. The van der Waals surface area contributed by atoms with Gasteiger partial charge in [-0.25, -0.2) is 9.97 Å². The van der Waals surface area contributed by atoms with Gasteiger partial charge in [-0.3, -0.25) is 14.7 Å². The number of rotatable bonds is 3. The third-order valence-electron chi connectivity index (χ3n) is 8.05. The number of carbonyl (C=O) groups is 1. The van der Waals surface area contributed by atoms with Crippen LogP contribution in [0, 0.1) is 0 Å². The Bertz CT molecular complexity index is 1150. The number of ether oxygens (including phenoxy) is 1. The Hall–Kier alpha value is -2.08. The van der Waals surface area contributed by atoms with E-state index in [0.717, 1.165) is 36.8 Å². The van der Waals surface area contributed by atoms with Crippen molar-refractivity contribution in [1.82, 2.24) is 15.0 Å². The van der Waals surface area contributed by atoms with E-state index in [1.165, 1.54) is 0 Å². The van der Waals surface area contributed by atoms with Gasteiger partial charge in [0.25, 0.3) is 0 Å². The Morgan fingerprint density at radius 3 is 2.23 bits per heavy atom. The van der Waals surface area contributed by atoms with Crippen molar-refractivity contribution >= 4 is 46.1 Å². The molecule has 0 atom stereocenters. The van der Waals surface area contributed by atoms with E-state index >= 15 is 0 Å². The maximum absolute atomic E-state index is 12.3.